The highest BCUT2D eigenvalue weighted by molar-refractivity contribution is 6.30. The van der Waals surface area contributed by atoms with Gasteiger partial charge in [0.1, 0.15) is 5.75 Å². The van der Waals surface area contributed by atoms with Crippen LogP contribution in [0.5, 0.6) is 5.75 Å². The van der Waals surface area contributed by atoms with Crippen molar-refractivity contribution in [1.29, 1.82) is 0 Å². The van der Waals surface area contributed by atoms with Gasteiger partial charge >= 0.3 is 0 Å². The Morgan fingerprint density at radius 1 is 1.20 bits per heavy atom. The van der Waals surface area contributed by atoms with Crippen LogP contribution in [0, 0.1) is 0 Å². The van der Waals surface area contributed by atoms with Gasteiger partial charge in [0.15, 0.2) is 0 Å². The minimum Gasteiger partial charge on any atom is -0.496 e. The van der Waals surface area contributed by atoms with E-state index in [0.717, 1.165) is 16.9 Å². The molecule has 0 fully saturated rings. The van der Waals surface area contributed by atoms with Gasteiger partial charge in [-0.3, -0.25) is 4.79 Å². The molecule has 1 amide bonds. The van der Waals surface area contributed by atoms with E-state index in [9.17, 15) is 4.79 Å². The maximum Gasteiger partial charge on any atom is 0.227 e. The summed E-state index contributed by atoms with van der Waals surface area (Å²) >= 11 is 5.90. The lowest BCUT2D eigenvalue weighted by Gasteiger charge is -2.26. The molecule has 1 N–H and O–H groups in total. The van der Waals surface area contributed by atoms with Gasteiger partial charge in [0.2, 0.25) is 17.6 Å². The average Bonchev–Trinajstić information content (AvgIpc) is 3.22. The fourth-order valence-electron chi connectivity index (χ4n) is 3.10. The van der Waals surface area contributed by atoms with Crippen LogP contribution in [0.15, 0.2) is 53.1 Å². The Bertz CT molecular complexity index is 973. The summed E-state index contributed by atoms with van der Waals surface area (Å²) in [4.78, 5) is 18.8. The van der Waals surface area contributed by atoms with E-state index in [4.69, 9.17) is 20.9 Å². The molecule has 30 heavy (non-hydrogen) atoms. The first-order valence-electron chi connectivity index (χ1n) is 9.62. The topological polar surface area (TPSA) is 80.5 Å². The SMILES string of the molecule is COc1ccccc1C(CNC(=O)CCc1nc(-c2ccc(Cl)cc2)no1)N(C)C. The summed E-state index contributed by atoms with van der Waals surface area (Å²) in [6, 6.07) is 15.0. The van der Waals surface area contributed by atoms with Crippen LogP contribution in [-0.2, 0) is 11.2 Å². The van der Waals surface area contributed by atoms with Crippen LogP contribution >= 0.6 is 11.6 Å². The third-order valence-electron chi connectivity index (χ3n) is 4.75. The molecule has 0 spiro atoms. The van der Waals surface area contributed by atoms with Gasteiger partial charge in [0.05, 0.1) is 13.2 Å². The van der Waals surface area contributed by atoms with Crippen LogP contribution in [0.4, 0.5) is 0 Å². The molecule has 0 saturated heterocycles. The minimum absolute atomic E-state index is 0.00925. The molecule has 0 bridgehead atoms. The van der Waals surface area contributed by atoms with E-state index in [0.29, 0.717) is 29.7 Å². The zero-order chi connectivity index (χ0) is 21.5. The fourth-order valence-corrected chi connectivity index (χ4v) is 3.23. The van der Waals surface area contributed by atoms with Crippen LogP contribution < -0.4 is 10.1 Å². The number of aromatic nitrogens is 2. The Balaban J connectivity index is 1.54. The number of ether oxygens (including phenoxy) is 1. The summed E-state index contributed by atoms with van der Waals surface area (Å²) in [5, 5.41) is 7.60. The predicted octanol–water partition coefficient (Wildman–Crippen LogP) is 3.75. The molecule has 158 valence electrons. The molecule has 0 saturated carbocycles. The van der Waals surface area contributed by atoms with Crippen molar-refractivity contribution in [2.45, 2.75) is 18.9 Å². The first-order chi connectivity index (χ1) is 14.5. The van der Waals surface area contributed by atoms with E-state index in [1.165, 1.54) is 0 Å². The third-order valence-corrected chi connectivity index (χ3v) is 5.00. The Hall–Kier alpha value is -2.90. The van der Waals surface area contributed by atoms with E-state index >= 15 is 0 Å². The summed E-state index contributed by atoms with van der Waals surface area (Å²) in [6.07, 6.45) is 0.627. The molecule has 3 rings (SSSR count). The number of hydrogen-bond acceptors (Lipinski definition) is 6. The van der Waals surface area contributed by atoms with Gasteiger partial charge in [0, 0.05) is 35.5 Å². The molecule has 2 aromatic carbocycles. The molecule has 0 aliphatic rings. The van der Waals surface area contributed by atoms with Crippen molar-refractivity contribution in [3.63, 3.8) is 0 Å². The molecule has 1 aromatic heterocycles. The minimum atomic E-state index is -0.0806. The number of hydrogen-bond donors (Lipinski definition) is 1. The molecule has 0 aliphatic carbocycles. The zero-order valence-electron chi connectivity index (χ0n) is 17.3. The number of carbonyl (C=O) groups is 1. The highest BCUT2D eigenvalue weighted by atomic mass is 35.5. The number of amides is 1. The van der Waals surface area contributed by atoms with E-state index in [-0.39, 0.29) is 18.4 Å². The summed E-state index contributed by atoms with van der Waals surface area (Å²) in [5.41, 5.74) is 1.83. The molecule has 7 nitrogen and oxygen atoms in total. The molecule has 0 aliphatic heterocycles. The lowest BCUT2D eigenvalue weighted by atomic mass is 10.0. The quantitative estimate of drug-likeness (QED) is 0.559. The van der Waals surface area contributed by atoms with Crippen molar-refractivity contribution in [3.05, 3.63) is 65.0 Å². The average molecular weight is 429 g/mol. The fraction of sp³-hybridized carbons (Fsp3) is 0.318. The second-order valence-electron chi connectivity index (χ2n) is 7.04. The molecule has 3 aromatic rings. The van der Waals surface area contributed by atoms with Crippen LogP contribution in [0.2, 0.25) is 5.02 Å². The van der Waals surface area contributed by atoms with Crippen LogP contribution in [0.1, 0.15) is 23.9 Å². The smallest absolute Gasteiger partial charge is 0.227 e. The first kappa shape index (κ1) is 21.8. The number of nitrogens with zero attached hydrogens (tertiary/aromatic N) is 3. The monoisotopic (exact) mass is 428 g/mol. The van der Waals surface area contributed by atoms with E-state index in [1.54, 1.807) is 19.2 Å². The summed E-state index contributed by atoms with van der Waals surface area (Å²) in [7, 11) is 5.59. The Morgan fingerprint density at radius 3 is 2.63 bits per heavy atom. The molecule has 1 heterocycles. The number of para-hydroxylation sites is 1. The molecule has 8 heteroatoms. The molecule has 1 atom stereocenters. The lowest BCUT2D eigenvalue weighted by molar-refractivity contribution is -0.121. The van der Waals surface area contributed by atoms with Gasteiger partial charge < -0.3 is 19.5 Å². The number of likely N-dealkylation sites (N-methyl/N-ethyl adjacent to an activating group) is 1. The number of aryl methyl sites for hydroxylation is 1. The third kappa shape index (κ3) is 5.58. The zero-order valence-corrected chi connectivity index (χ0v) is 18.0. The summed E-state index contributed by atoms with van der Waals surface area (Å²) in [6.45, 7) is 0.464. The molecule has 0 radical (unpaired) electrons. The largest absolute Gasteiger partial charge is 0.496 e. The Morgan fingerprint density at radius 2 is 1.93 bits per heavy atom. The standard InChI is InChI=1S/C22H25ClN4O3/c1-27(2)18(17-6-4-5-7-19(17)29-3)14-24-20(28)12-13-21-25-22(26-30-21)15-8-10-16(23)11-9-15/h4-11,18H,12-14H2,1-3H3,(H,24,28). The van der Waals surface area contributed by atoms with Crippen molar-refractivity contribution in [2.24, 2.45) is 0 Å². The van der Waals surface area contributed by atoms with Crippen molar-refractivity contribution in [1.82, 2.24) is 20.4 Å². The first-order valence-corrected chi connectivity index (χ1v) is 10.00. The summed E-state index contributed by atoms with van der Waals surface area (Å²) < 4.78 is 10.7. The van der Waals surface area contributed by atoms with Gasteiger partial charge in [-0.15, -0.1) is 0 Å². The highest BCUT2D eigenvalue weighted by Gasteiger charge is 2.19. The normalized spacial score (nSPS) is 12.0. The molecular formula is C22H25ClN4O3. The van der Waals surface area contributed by atoms with E-state index in [1.807, 2.05) is 50.5 Å². The number of nitrogens with one attached hydrogen (secondary N) is 1. The van der Waals surface area contributed by atoms with Crippen LogP contribution in [-0.4, -0.2) is 48.7 Å². The number of carbonyl (C=O) groups excluding carboxylic acids is 1. The van der Waals surface area contributed by atoms with Crippen molar-refractivity contribution >= 4 is 17.5 Å². The van der Waals surface area contributed by atoms with E-state index < -0.39 is 0 Å². The van der Waals surface area contributed by atoms with Crippen molar-refractivity contribution in [3.8, 4) is 17.1 Å². The Labute approximate surface area is 181 Å². The van der Waals surface area contributed by atoms with Gasteiger partial charge in [-0.05, 0) is 44.4 Å². The number of rotatable bonds is 9. The van der Waals surface area contributed by atoms with Gasteiger partial charge in [0.25, 0.3) is 0 Å². The van der Waals surface area contributed by atoms with Crippen molar-refractivity contribution < 1.29 is 14.1 Å². The van der Waals surface area contributed by atoms with Crippen LogP contribution in [0.25, 0.3) is 11.4 Å². The predicted molar refractivity (Wildman–Crippen MR) is 115 cm³/mol. The Kier molecular flexibility index (Phi) is 7.43. The van der Waals surface area contributed by atoms with Gasteiger partial charge in [-0.1, -0.05) is 35.0 Å². The number of methoxy groups -OCH3 is 1. The lowest BCUT2D eigenvalue weighted by Crippen LogP contribution is -2.34. The number of benzene rings is 2. The second kappa shape index (κ2) is 10.2. The van der Waals surface area contributed by atoms with Crippen molar-refractivity contribution in [2.75, 3.05) is 27.7 Å². The highest BCUT2D eigenvalue weighted by Crippen LogP contribution is 2.27. The molecular weight excluding hydrogens is 404 g/mol. The number of halogens is 1. The second-order valence-corrected chi connectivity index (χ2v) is 7.48. The van der Waals surface area contributed by atoms with Gasteiger partial charge in [-0.25, -0.2) is 0 Å². The maximum absolute atomic E-state index is 12.4. The van der Waals surface area contributed by atoms with Crippen LogP contribution in [0.3, 0.4) is 0 Å². The summed E-state index contributed by atoms with van der Waals surface area (Å²) in [5.74, 6) is 1.61. The maximum atomic E-state index is 12.4. The van der Waals surface area contributed by atoms with Gasteiger partial charge in [-0.2, -0.15) is 4.98 Å². The molecule has 1 unspecified atom stereocenters. The van der Waals surface area contributed by atoms with E-state index in [2.05, 4.69) is 20.4 Å².